The molecule has 4 aromatic rings. The summed E-state index contributed by atoms with van der Waals surface area (Å²) in [6, 6.07) is 30.0. The summed E-state index contributed by atoms with van der Waals surface area (Å²) < 4.78 is 10.3. The first-order chi connectivity index (χ1) is 15.8. The first kappa shape index (κ1) is 21.9. The van der Waals surface area contributed by atoms with E-state index in [1.54, 1.807) is 0 Å². The molecule has 0 aliphatic carbocycles. The van der Waals surface area contributed by atoms with Crippen LogP contribution >= 0.6 is 0 Å². The number of benzene rings is 2. The van der Waals surface area contributed by atoms with Crippen molar-refractivity contribution in [2.45, 2.75) is 32.4 Å². The third-order valence-electron chi connectivity index (χ3n) is 5.62. The van der Waals surface area contributed by atoms with E-state index in [0.29, 0.717) is 0 Å². The van der Waals surface area contributed by atoms with Crippen molar-refractivity contribution in [1.82, 2.24) is 0 Å². The fourth-order valence-corrected chi connectivity index (χ4v) is 3.79. The highest BCUT2D eigenvalue weighted by atomic mass is 16.5. The first-order valence-electron chi connectivity index (χ1n) is 11.5. The summed E-state index contributed by atoms with van der Waals surface area (Å²) in [5.41, 5.74) is 5.37. The first-order valence-corrected chi connectivity index (χ1v) is 11.5. The van der Waals surface area contributed by atoms with Gasteiger partial charge in [0, 0.05) is 30.7 Å². The molecule has 0 unspecified atom stereocenters. The van der Waals surface area contributed by atoms with Crippen LogP contribution in [-0.4, -0.2) is 13.2 Å². The van der Waals surface area contributed by atoms with E-state index in [9.17, 15) is 0 Å². The average molecular weight is 425 g/mol. The maximum atomic E-state index is 5.85. The molecule has 0 aliphatic heterocycles. The zero-order chi connectivity index (χ0) is 21.8. The van der Waals surface area contributed by atoms with Crippen molar-refractivity contribution < 1.29 is 13.9 Å². The van der Waals surface area contributed by atoms with E-state index in [1.807, 2.05) is 0 Å². The van der Waals surface area contributed by atoms with E-state index in [4.69, 9.17) is 4.74 Å². The van der Waals surface area contributed by atoms with Crippen molar-refractivity contribution >= 4 is 0 Å². The number of aromatic nitrogens is 2. The Morgan fingerprint density at radius 1 is 0.469 bits per heavy atom. The van der Waals surface area contributed by atoms with Crippen LogP contribution < -0.4 is 9.13 Å². The van der Waals surface area contributed by atoms with Crippen molar-refractivity contribution in [3.05, 3.63) is 132 Å². The lowest BCUT2D eigenvalue weighted by molar-refractivity contribution is -0.700. The Morgan fingerprint density at radius 2 is 0.906 bits per heavy atom. The minimum atomic E-state index is 0.739. The molecule has 2 heterocycles. The number of nitrogens with zero attached hydrogens (tertiary/aromatic N) is 2. The van der Waals surface area contributed by atoms with Gasteiger partial charge < -0.3 is 4.74 Å². The van der Waals surface area contributed by atoms with Crippen LogP contribution in [0, 0.1) is 0 Å². The molecule has 0 aliphatic rings. The Kier molecular flexibility index (Phi) is 8.16. The minimum absolute atomic E-state index is 0.739. The van der Waals surface area contributed by atoms with Gasteiger partial charge >= 0.3 is 0 Å². The van der Waals surface area contributed by atoms with Crippen molar-refractivity contribution in [2.75, 3.05) is 13.2 Å². The van der Waals surface area contributed by atoms with Crippen molar-refractivity contribution in [1.29, 1.82) is 0 Å². The van der Waals surface area contributed by atoms with Gasteiger partial charge in [0.25, 0.3) is 0 Å². The predicted molar refractivity (Wildman–Crippen MR) is 127 cm³/mol. The fourth-order valence-electron chi connectivity index (χ4n) is 3.79. The molecular weight excluding hydrogens is 392 g/mol. The average Bonchev–Trinajstić information content (AvgIpc) is 2.85. The van der Waals surface area contributed by atoms with E-state index in [2.05, 4.69) is 119 Å². The van der Waals surface area contributed by atoms with Crippen LogP contribution in [0.3, 0.4) is 0 Å². The Hall–Kier alpha value is -3.30. The maximum Gasteiger partial charge on any atom is 0.171 e. The van der Waals surface area contributed by atoms with Gasteiger partial charge in [0.05, 0.1) is 6.61 Å². The highest BCUT2D eigenvalue weighted by molar-refractivity contribution is 5.24. The summed E-state index contributed by atoms with van der Waals surface area (Å²) in [7, 11) is 0. The second-order valence-corrected chi connectivity index (χ2v) is 8.18. The number of hydrogen-bond donors (Lipinski definition) is 0. The molecule has 3 nitrogen and oxygen atoms in total. The molecule has 0 amide bonds. The van der Waals surface area contributed by atoms with E-state index >= 15 is 0 Å². The molecule has 0 saturated heterocycles. The molecular formula is C29H32N2O+2. The maximum absolute atomic E-state index is 5.85. The number of aryl methyl sites for hydroxylation is 1. The second kappa shape index (κ2) is 11.9. The molecule has 0 radical (unpaired) electrons. The Bertz CT molecular complexity index is 957. The topological polar surface area (TPSA) is 17.0 Å². The number of ether oxygens (including phenoxy) is 1. The van der Waals surface area contributed by atoms with E-state index in [-0.39, 0.29) is 0 Å². The van der Waals surface area contributed by atoms with Gasteiger partial charge in [-0.15, -0.1) is 0 Å². The monoisotopic (exact) mass is 424 g/mol. The summed E-state index contributed by atoms with van der Waals surface area (Å²) in [5.74, 6) is 0. The van der Waals surface area contributed by atoms with Gasteiger partial charge in [0.15, 0.2) is 37.9 Å². The lowest BCUT2D eigenvalue weighted by Crippen LogP contribution is -2.36. The van der Waals surface area contributed by atoms with Gasteiger partial charge in [0.1, 0.15) is 6.61 Å². The SMILES string of the molecule is c1ccc(Cc2cc[n+](CCCOCC[n+]3ccc(Cc4ccccc4)cc3)cc2)cc1. The zero-order valence-corrected chi connectivity index (χ0v) is 18.6. The second-order valence-electron chi connectivity index (χ2n) is 8.18. The predicted octanol–water partition coefficient (Wildman–Crippen LogP) is 4.55. The van der Waals surface area contributed by atoms with Gasteiger partial charge in [-0.25, -0.2) is 9.13 Å². The third kappa shape index (κ3) is 7.14. The van der Waals surface area contributed by atoms with Gasteiger partial charge in [-0.3, -0.25) is 0 Å². The van der Waals surface area contributed by atoms with E-state index in [1.165, 1.54) is 22.3 Å². The van der Waals surface area contributed by atoms with Crippen LogP contribution in [0.25, 0.3) is 0 Å². The lowest BCUT2D eigenvalue weighted by Gasteiger charge is -2.04. The zero-order valence-electron chi connectivity index (χ0n) is 18.6. The molecule has 3 heteroatoms. The van der Waals surface area contributed by atoms with Gasteiger partial charge in [-0.2, -0.15) is 0 Å². The standard InChI is InChI=1S/C29H32N2O/c1-3-8-26(9-4-1)24-28-12-17-30(18-13-28)16-7-22-32-23-21-31-19-14-29(15-20-31)25-27-10-5-2-6-11-27/h1-6,8-15,17-20H,7,16,21-25H2/q+2. The summed E-state index contributed by atoms with van der Waals surface area (Å²) in [4.78, 5) is 0. The number of pyridine rings is 2. The molecule has 2 aromatic carbocycles. The lowest BCUT2D eigenvalue weighted by atomic mass is 10.1. The molecule has 0 spiro atoms. The van der Waals surface area contributed by atoms with Crippen molar-refractivity contribution in [2.24, 2.45) is 0 Å². The van der Waals surface area contributed by atoms with Gasteiger partial charge in [-0.1, -0.05) is 60.7 Å². The number of rotatable bonds is 11. The third-order valence-corrected chi connectivity index (χ3v) is 5.62. The summed E-state index contributed by atoms with van der Waals surface area (Å²) >= 11 is 0. The van der Waals surface area contributed by atoms with Gasteiger partial charge in [0.2, 0.25) is 0 Å². The van der Waals surface area contributed by atoms with Crippen LogP contribution in [-0.2, 0) is 30.7 Å². The van der Waals surface area contributed by atoms with E-state index in [0.717, 1.165) is 45.6 Å². The summed E-state index contributed by atoms with van der Waals surface area (Å²) in [6.07, 6.45) is 11.6. The molecule has 4 rings (SSSR count). The minimum Gasteiger partial charge on any atom is -0.375 e. The normalized spacial score (nSPS) is 10.9. The fraction of sp³-hybridized carbons (Fsp3) is 0.241. The Morgan fingerprint density at radius 3 is 1.41 bits per heavy atom. The van der Waals surface area contributed by atoms with Crippen LogP contribution in [0.5, 0.6) is 0 Å². The summed E-state index contributed by atoms with van der Waals surface area (Å²) in [6.45, 7) is 3.38. The highest BCUT2D eigenvalue weighted by Crippen LogP contribution is 2.08. The van der Waals surface area contributed by atoms with Gasteiger partial charge in [-0.05, 0) is 35.1 Å². The highest BCUT2D eigenvalue weighted by Gasteiger charge is 2.04. The number of hydrogen-bond acceptors (Lipinski definition) is 1. The molecule has 32 heavy (non-hydrogen) atoms. The van der Waals surface area contributed by atoms with Crippen molar-refractivity contribution in [3.8, 4) is 0 Å². The van der Waals surface area contributed by atoms with E-state index < -0.39 is 0 Å². The van der Waals surface area contributed by atoms with Crippen LogP contribution in [0.1, 0.15) is 28.7 Å². The van der Waals surface area contributed by atoms with Crippen molar-refractivity contribution in [3.63, 3.8) is 0 Å². The van der Waals surface area contributed by atoms with Crippen LogP contribution in [0.2, 0.25) is 0 Å². The molecule has 0 atom stereocenters. The molecule has 0 fully saturated rings. The molecule has 0 bridgehead atoms. The quantitative estimate of drug-likeness (QED) is 0.255. The largest absolute Gasteiger partial charge is 0.375 e. The Balaban J connectivity index is 1.11. The summed E-state index contributed by atoms with van der Waals surface area (Å²) in [5, 5.41) is 0. The molecule has 2 aromatic heterocycles. The molecule has 0 saturated carbocycles. The Labute approximate surface area is 191 Å². The molecule has 162 valence electrons. The van der Waals surface area contributed by atoms with Crippen LogP contribution in [0.15, 0.2) is 110 Å². The van der Waals surface area contributed by atoms with Crippen LogP contribution in [0.4, 0.5) is 0 Å². The smallest absolute Gasteiger partial charge is 0.171 e. The molecule has 0 N–H and O–H groups in total.